The number of anilines is 4. The molecule has 2 N–H and O–H groups in total. The van der Waals surface area contributed by atoms with E-state index in [1.165, 1.54) is 23.7 Å². The standard InChI is InChI=1S/C27H33ClFN9O2/c1-4-35-9-11-36(12-10-35)24-15-23(31-25-13-17(2)34-38(25)18(3)39)32-27(33-24)30-20-7-8-37(16-20)26(40)21-6-5-19(28)14-22(21)29/h5-6,13-15,20H,4,7-12,16H2,1-3H3,(H2,30,31,32,33)/t20-/m0/s1. The number of nitrogens with zero attached hydrogens (tertiary/aromatic N) is 7. The molecule has 0 saturated carbocycles. The molecule has 2 aliphatic rings. The van der Waals surface area contributed by atoms with Gasteiger partial charge in [0.2, 0.25) is 11.9 Å². The van der Waals surface area contributed by atoms with Gasteiger partial charge in [-0.3, -0.25) is 9.59 Å². The number of piperazine rings is 1. The van der Waals surface area contributed by atoms with Crippen LogP contribution in [0.2, 0.25) is 5.02 Å². The predicted molar refractivity (Wildman–Crippen MR) is 152 cm³/mol. The van der Waals surface area contributed by atoms with Crippen LogP contribution in [0.1, 0.15) is 41.1 Å². The Morgan fingerprint density at radius 1 is 1.10 bits per heavy atom. The van der Waals surface area contributed by atoms with Gasteiger partial charge in [-0.1, -0.05) is 18.5 Å². The second kappa shape index (κ2) is 11.8. The van der Waals surface area contributed by atoms with E-state index in [9.17, 15) is 14.0 Å². The molecule has 0 unspecified atom stereocenters. The number of benzene rings is 1. The zero-order chi connectivity index (χ0) is 28.4. The topological polar surface area (TPSA) is 112 Å². The molecule has 0 spiro atoms. The fraction of sp³-hybridized carbons (Fsp3) is 0.444. The van der Waals surface area contributed by atoms with E-state index in [0.717, 1.165) is 44.6 Å². The summed E-state index contributed by atoms with van der Waals surface area (Å²) >= 11 is 5.85. The summed E-state index contributed by atoms with van der Waals surface area (Å²) < 4.78 is 15.7. The number of carbonyl (C=O) groups excluding carboxylic acids is 2. The largest absolute Gasteiger partial charge is 0.354 e. The van der Waals surface area contributed by atoms with Gasteiger partial charge in [0.25, 0.3) is 5.91 Å². The van der Waals surface area contributed by atoms with Gasteiger partial charge in [0.15, 0.2) is 0 Å². The van der Waals surface area contributed by atoms with E-state index >= 15 is 0 Å². The molecule has 40 heavy (non-hydrogen) atoms. The zero-order valence-corrected chi connectivity index (χ0v) is 23.6. The van der Waals surface area contributed by atoms with Crippen molar-refractivity contribution < 1.29 is 14.0 Å². The molecule has 212 valence electrons. The molecule has 2 aliphatic heterocycles. The van der Waals surface area contributed by atoms with Crippen LogP contribution in [0, 0.1) is 12.7 Å². The fourth-order valence-corrected chi connectivity index (χ4v) is 5.22. The molecule has 2 fully saturated rings. The SMILES string of the molecule is CCN1CCN(c2cc(Nc3cc(C)nn3C(C)=O)nc(N[C@H]3CCN(C(=O)c4ccc(Cl)cc4F)C3)n2)CC1. The van der Waals surface area contributed by atoms with Gasteiger partial charge in [0, 0.05) is 69.4 Å². The summed E-state index contributed by atoms with van der Waals surface area (Å²) in [5.41, 5.74) is 0.701. The van der Waals surface area contributed by atoms with Crippen LogP contribution in [0.4, 0.5) is 27.8 Å². The normalized spacial score (nSPS) is 17.8. The number of halogens is 2. The monoisotopic (exact) mass is 569 g/mol. The van der Waals surface area contributed by atoms with Crippen molar-refractivity contribution in [3.8, 4) is 0 Å². The molecule has 0 bridgehead atoms. The minimum Gasteiger partial charge on any atom is -0.354 e. The highest BCUT2D eigenvalue weighted by molar-refractivity contribution is 6.30. The van der Waals surface area contributed by atoms with Crippen molar-refractivity contribution >= 4 is 46.8 Å². The molecule has 11 nitrogen and oxygen atoms in total. The quantitative estimate of drug-likeness (QED) is 0.440. The van der Waals surface area contributed by atoms with Crippen LogP contribution in [0.15, 0.2) is 30.3 Å². The maximum Gasteiger partial charge on any atom is 0.256 e. The second-order valence-corrected chi connectivity index (χ2v) is 10.5. The Bertz CT molecular complexity index is 1410. The van der Waals surface area contributed by atoms with Gasteiger partial charge >= 0.3 is 0 Å². The van der Waals surface area contributed by atoms with Gasteiger partial charge in [-0.2, -0.15) is 19.7 Å². The Kier molecular flexibility index (Phi) is 8.17. The highest BCUT2D eigenvalue weighted by Crippen LogP contribution is 2.25. The maximum absolute atomic E-state index is 14.4. The van der Waals surface area contributed by atoms with Gasteiger partial charge < -0.3 is 25.3 Å². The summed E-state index contributed by atoms with van der Waals surface area (Å²) in [6.45, 7) is 10.8. The van der Waals surface area contributed by atoms with Crippen LogP contribution in [-0.4, -0.2) is 93.2 Å². The molecule has 3 aromatic rings. The number of hydrogen-bond acceptors (Lipinski definition) is 9. The van der Waals surface area contributed by atoms with Crippen LogP contribution in [0.25, 0.3) is 0 Å². The number of likely N-dealkylation sites (N-methyl/N-ethyl adjacent to an activating group) is 1. The van der Waals surface area contributed by atoms with Gasteiger partial charge in [0.05, 0.1) is 11.3 Å². The number of amides is 1. The smallest absolute Gasteiger partial charge is 0.256 e. The molecular formula is C27H33ClFN9O2. The number of nitrogens with one attached hydrogen (secondary N) is 2. The number of likely N-dealkylation sites (tertiary alicyclic amines) is 1. The molecule has 0 aliphatic carbocycles. The Hall–Kier alpha value is -3.77. The van der Waals surface area contributed by atoms with Gasteiger partial charge in [-0.25, -0.2) is 4.39 Å². The predicted octanol–water partition coefficient (Wildman–Crippen LogP) is 3.65. The first-order valence-corrected chi connectivity index (χ1v) is 13.8. The van der Waals surface area contributed by atoms with Crippen molar-refractivity contribution in [2.24, 2.45) is 0 Å². The Morgan fingerprint density at radius 3 is 2.58 bits per heavy atom. The van der Waals surface area contributed by atoms with E-state index in [-0.39, 0.29) is 28.4 Å². The number of aryl methyl sites for hydroxylation is 1. The van der Waals surface area contributed by atoms with E-state index < -0.39 is 5.82 Å². The van der Waals surface area contributed by atoms with Crippen LogP contribution >= 0.6 is 11.6 Å². The Balaban J connectivity index is 1.36. The highest BCUT2D eigenvalue weighted by atomic mass is 35.5. The average Bonchev–Trinajstić information content (AvgIpc) is 3.54. The fourth-order valence-electron chi connectivity index (χ4n) is 5.06. The van der Waals surface area contributed by atoms with Crippen molar-refractivity contribution in [1.82, 2.24) is 29.5 Å². The molecule has 2 aromatic heterocycles. The van der Waals surface area contributed by atoms with Crippen molar-refractivity contribution in [1.29, 1.82) is 0 Å². The number of aromatic nitrogens is 4. The van der Waals surface area contributed by atoms with E-state index in [1.54, 1.807) is 11.0 Å². The minimum atomic E-state index is -0.635. The molecular weight excluding hydrogens is 537 g/mol. The highest BCUT2D eigenvalue weighted by Gasteiger charge is 2.29. The Morgan fingerprint density at radius 2 is 1.88 bits per heavy atom. The lowest BCUT2D eigenvalue weighted by Crippen LogP contribution is -2.46. The third kappa shape index (κ3) is 6.18. The van der Waals surface area contributed by atoms with Crippen molar-refractivity contribution in [3.63, 3.8) is 0 Å². The minimum absolute atomic E-state index is 0.00150. The van der Waals surface area contributed by atoms with Crippen molar-refractivity contribution in [3.05, 3.63) is 52.4 Å². The molecule has 1 atom stereocenters. The van der Waals surface area contributed by atoms with Crippen LogP contribution < -0.4 is 15.5 Å². The maximum atomic E-state index is 14.4. The van der Waals surface area contributed by atoms with Crippen molar-refractivity contribution in [2.45, 2.75) is 33.2 Å². The van der Waals surface area contributed by atoms with Gasteiger partial charge in [0.1, 0.15) is 23.3 Å². The summed E-state index contributed by atoms with van der Waals surface area (Å²) in [4.78, 5) is 40.8. The summed E-state index contributed by atoms with van der Waals surface area (Å²) in [5.74, 6) is 0.963. The third-order valence-corrected chi connectivity index (χ3v) is 7.45. The third-order valence-electron chi connectivity index (χ3n) is 7.21. The molecule has 13 heteroatoms. The van der Waals surface area contributed by atoms with E-state index in [1.807, 2.05) is 13.0 Å². The van der Waals surface area contributed by atoms with Crippen LogP contribution in [-0.2, 0) is 0 Å². The summed E-state index contributed by atoms with van der Waals surface area (Å²) in [6.07, 6.45) is 0.656. The first-order valence-electron chi connectivity index (χ1n) is 13.4. The van der Waals surface area contributed by atoms with Crippen LogP contribution in [0.3, 0.4) is 0 Å². The van der Waals surface area contributed by atoms with E-state index in [2.05, 4.69) is 37.4 Å². The molecule has 4 heterocycles. The lowest BCUT2D eigenvalue weighted by Gasteiger charge is -2.35. The van der Waals surface area contributed by atoms with Gasteiger partial charge in [-0.05, 0) is 38.1 Å². The van der Waals surface area contributed by atoms with Gasteiger partial charge in [-0.15, -0.1) is 0 Å². The van der Waals surface area contributed by atoms with Crippen molar-refractivity contribution in [2.75, 3.05) is 61.3 Å². The molecule has 1 aromatic carbocycles. The summed E-state index contributed by atoms with van der Waals surface area (Å²) in [6, 6.07) is 7.60. The molecule has 5 rings (SSSR count). The number of hydrogen-bond donors (Lipinski definition) is 2. The Labute approximate surface area is 237 Å². The first kappa shape index (κ1) is 27.8. The zero-order valence-electron chi connectivity index (χ0n) is 22.8. The van der Waals surface area contributed by atoms with E-state index in [0.29, 0.717) is 42.8 Å². The summed E-state index contributed by atoms with van der Waals surface area (Å²) in [5, 5.41) is 11.1. The van der Waals surface area contributed by atoms with E-state index in [4.69, 9.17) is 16.6 Å². The average molecular weight is 570 g/mol. The van der Waals surface area contributed by atoms with Crippen LogP contribution in [0.5, 0.6) is 0 Å². The molecule has 0 radical (unpaired) electrons. The lowest BCUT2D eigenvalue weighted by atomic mass is 10.2. The number of carbonyl (C=O) groups is 2. The molecule has 1 amide bonds. The first-order chi connectivity index (χ1) is 19.2. The second-order valence-electron chi connectivity index (χ2n) is 10.1. The number of rotatable bonds is 7. The lowest BCUT2D eigenvalue weighted by molar-refractivity contribution is 0.0786. The summed E-state index contributed by atoms with van der Waals surface area (Å²) in [7, 11) is 0. The molecule has 2 saturated heterocycles.